The number of piperidine rings is 1. The lowest BCUT2D eigenvalue weighted by Crippen LogP contribution is -2.48. The van der Waals surface area contributed by atoms with Gasteiger partial charge in [-0.1, -0.05) is 13.3 Å². The highest BCUT2D eigenvalue weighted by Crippen LogP contribution is 2.32. The Morgan fingerprint density at radius 2 is 2.50 bits per heavy atom. The quantitative estimate of drug-likeness (QED) is 0.860. The predicted molar refractivity (Wildman–Crippen MR) is 69.3 cm³/mol. The van der Waals surface area contributed by atoms with Gasteiger partial charge in [-0.2, -0.15) is 4.98 Å². The minimum Gasteiger partial charge on any atom is -0.432 e. The zero-order valence-corrected chi connectivity index (χ0v) is 11.1. The second kappa shape index (κ2) is 5.52. The molecule has 1 aliphatic heterocycles. The van der Waals surface area contributed by atoms with Gasteiger partial charge in [-0.15, -0.1) is 0 Å². The third-order valence-corrected chi connectivity index (χ3v) is 3.52. The molecule has 2 N–H and O–H groups in total. The number of anilines is 1. The molecule has 1 aromatic rings. The molecule has 2 rings (SSSR count). The number of hydrogen-bond donors (Lipinski definition) is 2. The lowest BCUT2D eigenvalue weighted by molar-refractivity contribution is -0.127. The number of aryl methyl sites for hydroxylation is 1. The molecule has 1 aliphatic rings. The lowest BCUT2D eigenvalue weighted by Gasteiger charge is -2.35. The van der Waals surface area contributed by atoms with Gasteiger partial charge in [-0.3, -0.25) is 10.1 Å². The summed E-state index contributed by atoms with van der Waals surface area (Å²) < 4.78 is 5.19. The second-order valence-corrected chi connectivity index (χ2v) is 5.06. The van der Waals surface area contributed by atoms with E-state index in [2.05, 4.69) is 22.5 Å². The maximum absolute atomic E-state index is 12.4. The molecule has 0 bridgehead atoms. The highest BCUT2D eigenvalue weighted by atomic mass is 16.4. The zero-order valence-electron chi connectivity index (χ0n) is 11.1. The summed E-state index contributed by atoms with van der Waals surface area (Å²) in [6.45, 7) is 5.69. The molecule has 0 radical (unpaired) electrons. The van der Waals surface area contributed by atoms with E-state index in [0.717, 1.165) is 44.5 Å². The molecule has 5 heteroatoms. The first kappa shape index (κ1) is 13.1. The first-order valence-electron chi connectivity index (χ1n) is 6.60. The van der Waals surface area contributed by atoms with E-state index in [-0.39, 0.29) is 11.3 Å². The number of nitrogens with one attached hydrogen (secondary N) is 2. The van der Waals surface area contributed by atoms with Crippen LogP contribution < -0.4 is 10.6 Å². The van der Waals surface area contributed by atoms with Gasteiger partial charge in [0.1, 0.15) is 6.26 Å². The van der Waals surface area contributed by atoms with Crippen molar-refractivity contribution in [2.45, 2.75) is 39.5 Å². The highest BCUT2D eigenvalue weighted by molar-refractivity contribution is 5.93. The largest absolute Gasteiger partial charge is 0.432 e. The molecule has 0 aromatic carbocycles. The van der Waals surface area contributed by atoms with Crippen LogP contribution in [0.3, 0.4) is 0 Å². The van der Waals surface area contributed by atoms with Crippen LogP contribution in [0, 0.1) is 12.3 Å². The third-order valence-electron chi connectivity index (χ3n) is 3.52. The number of nitrogens with zero attached hydrogens (tertiary/aromatic N) is 1. The number of hydrogen-bond acceptors (Lipinski definition) is 4. The van der Waals surface area contributed by atoms with E-state index < -0.39 is 0 Å². The summed E-state index contributed by atoms with van der Waals surface area (Å²) in [6.07, 6.45) is 5.41. The summed E-state index contributed by atoms with van der Waals surface area (Å²) >= 11 is 0. The van der Waals surface area contributed by atoms with Crippen molar-refractivity contribution in [3.8, 4) is 0 Å². The van der Waals surface area contributed by atoms with Gasteiger partial charge >= 0.3 is 6.01 Å². The molecule has 1 saturated heterocycles. The van der Waals surface area contributed by atoms with Crippen molar-refractivity contribution in [2.24, 2.45) is 5.41 Å². The Hall–Kier alpha value is -1.36. The summed E-state index contributed by atoms with van der Waals surface area (Å²) in [4.78, 5) is 16.6. The van der Waals surface area contributed by atoms with Crippen LogP contribution >= 0.6 is 0 Å². The summed E-state index contributed by atoms with van der Waals surface area (Å²) in [7, 11) is 0. The average Bonchev–Trinajstić information content (AvgIpc) is 2.76. The van der Waals surface area contributed by atoms with Gasteiger partial charge in [0.2, 0.25) is 5.91 Å². The molecule has 2 heterocycles. The van der Waals surface area contributed by atoms with Gasteiger partial charge in [0, 0.05) is 6.54 Å². The van der Waals surface area contributed by atoms with E-state index in [0.29, 0.717) is 6.01 Å². The van der Waals surface area contributed by atoms with Crippen molar-refractivity contribution in [1.29, 1.82) is 0 Å². The van der Waals surface area contributed by atoms with Crippen LogP contribution in [0.1, 0.15) is 38.3 Å². The molecule has 1 fully saturated rings. The molecule has 1 unspecified atom stereocenters. The Labute approximate surface area is 107 Å². The van der Waals surface area contributed by atoms with Crippen LogP contribution in [0.2, 0.25) is 0 Å². The summed E-state index contributed by atoms with van der Waals surface area (Å²) in [6, 6.07) is 0.304. The maximum atomic E-state index is 12.4. The molecule has 0 aliphatic carbocycles. The van der Waals surface area contributed by atoms with Gasteiger partial charge < -0.3 is 9.73 Å². The molecule has 1 aromatic heterocycles. The smallest absolute Gasteiger partial charge is 0.301 e. The third kappa shape index (κ3) is 2.72. The van der Waals surface area contributed by atoms with Crippen LogP contribution in [0.5, 0.6) is 0 Å². The number of aromatic nitrogens is 1. The van der Waals surface area contributed by atoms with E-state index in [1.165, 1.54) is 0 Å². The fourth-order valence-corrected chi connectivity index (χ4v) is 2.61. The van der Waals surface area contributed by atoms with Crippen molar-refractivity contribution in [1.82, 2.24) is 10.3 Å². The summed E-state index contributed by atoms with van der Waals surface area (Å²) in [5.74, 6) is 0.0263. The van der Waals surface area contributed by atoms with Crippen LogP contribution in [0.15, 0.2) is 10.7 Å². The van der Waals surface area contributed by atoms with Crippen molar-refractivity contribution < 1.29 is 9.21 Å². The first-order valence-corrected chi connectivity index (χ1v) is 6.60. The molecular weight excluding hydrogens is 230 g/mol. The highest BCUT2D eigenvalue weighted by Gasteiger charge is 2.39. The second-order valence-electron chi connectivity index (χ2n) is 5.06. The molecule has 0 spiro atoms. The number of rotatable bonds is 4. The summed E-state index contributed by atoms with van der Waals surface area (Å²) in [5.41, 5.74) is 0.464. The van der Waals surface area contributed by atoms with Gasteiger partial charge in [0.15, 0.2) is 0 Å². The van der Waals surface area contributed by atoms with Crippen LogP contribution in [-0.4, -0.2) is 24.0 Å². The summed E-state index contributed by atoms with van der Waals surface area (Å²) in [5, 5.41) is 6.12. The molecule has 100 valence electrons. The molecule has 18 heavy (non-hydrogen) atoms. The first-order chi connectivity index (χ1) is 8.66. The van der Waals surface area contributed by atoms with Gasteiger partial charge in [-0.05, 0) is 32.7 Å². The fourth-order valence-electron chi connectivity index (χ4n) is 2.61. The number of oxazole rings is 1. The Morgan fingerprint density at radius 1 is 1.67 bits per heavy atom. The van der Waals surface area contributed by atoms with Crippen LogP contribution in [0.25, 0.3) is 0 Å². The van der Waals surface area contributed by atoms with Crippen molar-refractivity contribution in [3.63, 3.8) is 0 Å². The van der Waals surface area contributed by atoms with Crippen LogP contribution in [0.4, 0.5) is 6.01 Å². The molecular formula is C13H21N3O2. The van der Waals surface area contributed by atoms with Crippen molar-refractivity contribution >= 4 is 11.9 Å². The predicted octanol–water partition coefficient (Wildman–Crippen LogP) is 2.09. The number of amides is 1. The average molecular weight is 251 g/mol. The SMILES string of the molecule is CCCC1(C(=O)Nc2nc(C)co2)CCCNC1. The Balaban J connectivity index is 2.08. The molecule has 1 amide bonds. The van der Waals surface area contributed by atoms with Crippen molar-refractivity contribution in [3.05, 3.63) is 12.0 Å². The molecule has 0 saturated carbocycles. The van der Waals surface area contributed by atoms with E-state index in [1.807, 2.05) is 6.92 Å². The Bertz CT molecular complexity index is 403. The van der Waals surface area contributed by atoms with E-state index in [4.69, 9.17) is 4.42 Å². The monoisotopic (exact) mass is 251 g/mol. The van der Waals surface area contributed by atoms with Crippen molar-refractivity contribution in [2.75, 3.05) is 18.4 Å². The maximum Gasteiger partial charge on any atom is 0.301 e. The topological polar surface area (TPSA) is 67.2 Å². The Morgan fingerprint density at radius 3 is 3.06 bits per heavy atom. The molecule has 5 nitrogen and oxygen atoms in total. The number of carbonyl (C=O) groups is 1. The van der Waals surface area contributed by atoms with E-state index >= 15 is 0 Å². The van der Waals surface area contributed by atoms with E-state index in [9.17, 15) is 4.79 Å². The lowest BCUT2D eigenvalue weighted by atomic mass is 9.76. The minimum atomic E-state index is -0.310. The molecule has 1 atom stereocenters. The normalized spacial score (nSPS) is 23.9. The Kier molecular flexibility index (Phi) is 4.01. The van der Waals surface area contributed by atoms with Gasteiger partial charge in [-0.25, -0.2) is 0 Å². The van der Waals surface area contributed by atoms with Gasteiger partial charge in [0.25, 0.3) is 0 Å². The zero-order chi connectivity index (χ0) is 13.0. The number of carbonyl (C=O) groups excluding carboxylic acids is 1. The fraction of sp³-hybridized carbons (Fsp3) is 0.692. The van der Waals surface area contributed by atoms with E-state index in [1.54, 1.807) is 6.26 Å². The van der Waals surface area contributed by atoms with Crippen LogP contribution in [-0.2, 0) is 4.79 Å². The minimum absolute atomic E-state index is 0.0263. The van der Waals surface area contributed by atoms with Gasteiger partial charge in [0.05, 0.1) is 11.1 Å². The standard InChI is InChI=1S/C13H21N3O2/c1-3-5-13(6-4-7-14-9-13)11(17)16-12-15-10(2)8-18-12/h8,14H,3-7,9H2,1-2H3,(H,15,16,17).